The van der Waals surface area contributed by atoms with Gasteiger partial charge in [-0.25, -0.2) is 0 Å². The first-order chi connectivity index (χ1) is 14.1. The molecule has 0 unspecified atom stereocenters. The van der Waals surface area contributed by atoms with Crippen LogP contribution in [0.5, 0.6) is 0 Å². The third kappa shape index (κ3) is 21.2. The minimum Gasteiger partial charge on any atom is -0.480 e. The van der Waals surface area contributed by atoms with E-state index in [0.29, 0.717) is 19.4 Å². The molecule has 0 radical (unpaired) electrons. The highest BCUT2D eigenvalue weighted by atomic mass is 16.4. The van der Waals surface area contributed by atoms with Gasteiger partial charge in [0.05, 0.1) is 0 Å². The quantitative estimate of drug-likeness (QED) is 0.167. The molecule has 0 aromatic rings. The summed E-state index contributed by atoms with van der Waals surface area (Å²) in [5.41, 5.74) is 5.44. The van der Waals surface area contributed by atoms with Crippen LogP contribution < -0.4 is 11.1 Å². The number of rotatable bonds is 21. The number of carbonyl (C=O) groups excluding carboxylic acids is 1. The van der Waals surface area contributed by atoms with Gasteiger partial charge in [-0.05, 0) is 44.9 Å². The monoisotopic (exact) mass is 410 g/mol. The van der Waals surface area contributed by atoms with E-state index in [1.54, 1.807) is 0 Å². The van der Waals surface area contributed by atoms with Crippen molar-refractivity contribution < 1.29 is 14.7 Å². The Labute approximate surface area is 178 Å². The van der Waals surface area contributed by atoms with Crippen molar-refractivity contribution in [3.63, 3.8) is 0 Å². The summed E-state index contributed by atoms with van der Waals surface area (Å²) in [4.78, 5) is 22.3. The summed E-state index contributed by atoms with van der Waals surface area (Å²) in [6.45, 7) is 2.79. The molecule has 170 valence electrons. The Kier molecular flexibility index (Phi) is 20.3. The standard InChI is InChI=1S/C24H46N2O3/c1-2-3-4-5-6-7-8-9-10-11-12-13-14-15-16-20-23(27)26-21-18-17-19-22(25)24(28)29/h3-4,22H,2,5-21,25H2,1H3,(H,26,27)(H,28,29)/b4-3+/t22-/m0/s1. The number of hydrogen-bond donors (Lipinski definition) is 3. The summed E-state index contributed by atoms with van der Waals surface area (Å²) in [7, 11) is 0. The van der Waals surface area contributed by atoms with E-state index in [-0.39, 0.29) is 5.91 Å². The highest BCUT2D eigenvalue weighted by Crippen LogP contribution is 2.12. The maximum Gasteiger partial charge on any atom is 0.320 e. The number of allylic oxidation sites excluding steroid dienone is 2. The molecular formula is C24H46N2O3. The van der Waals surface area contributed by atoms with E-state index in [0.717, 1.165) is 32.1 Å². The number of unbranched alkanes of at least 4 members (excludes halogenated alkanes) is 12. The summed E-state index contributed by atoms with van der Waals surface area (Å²) >= 11 is 0. The van der Waals surface area contributed by atoms with Crippen LogP contribution in [-0.4, -0.2) is 29.6 Å². The van der Waals surface area contributed by atoms with E-state index in [9.17, 15) is 9.59 Å². The third-order valence-corrected chi connectivity index (χ3v) is 5.26. The molecule has 0 spiro atoms. The average molecular weight is 411 g/mol. The number of carboxylic acid groups (broad SMARTS) is 1. The molecule has 0 aliphatic carbocycles. The summed E-state index contributed by atoms with van der Waals surface area (Å²) in [5.74, 6) is -0.849. The molecule has 1 atom stereocenters. The van der Waals surface area contributed by atoms with Gasteiger partial charge >= 0.3 is 5.97 Å². The Hall–Kier alpha value is -1.36. The molecule has 0 fully saturated rings. The Bertz CT molecular complexity index is 424. The van der Waals surface area contributed by atoms with Crippen molar-refractivity contribution in [2.45, 2.75) is 122 Å². The Balaban J connectivity index is 3.23. The normalized spacial score (nSPS) is 12.3. The molecular weight excluding hydrogens is 364 g/mol. The molecule has 0 heterocycles. The lowest BCUT2D eigenvalue weighted by Crippen LogP contribution is -2.30. The van der Waals surface area contributed by atoms with Gasteiger partial charge in [0.2, 0.25) is 5.91 Å². The first-order valence-corrected chi connectivity index (χ1v) is 12.0. The molecule has 1 amide bonds. The van der Waals surface area contributed by atoms with Crippen molar-refractivity contribution in [3.8, 4) is 0 Å². The van der Waals surface area contributed by atoms with Gasteiger partial charge in [0, 0.05) is 13.0 Å². The second kappa shape index (κ2) is 21.4. The number of carboxylic acids is 1. The van der Waals surface area contributed by atoms with Crippen LogP contribution in [-0.2, 0) is 9.59 Å². The predicted octanol–water partition coefficient (Wildman–Crippen LogP) is 5.72. The second-order valence-electron chi connectivity index (χ2n) is 8.10. The minimum absolute atomic E-state index is 0.109. The van der Waals surface area contributed by atoms with E-state index in [4.69, 9.17) is 10.8 Å². The number of hydrogen-bond acceptors (Lipinski definition) is 3. The van der Waals surface area contributed by atoms with Gasteiger partial charge < -0.3 is 16.2 Å². The van der Waals surface area contributed by atoms with Gasteiger partial charge in [0.1, 0.15) is 6.04 Å². The lowest BCUT2D eigenvalue weighted by atomic mass is 10.0. The van der Waals surface area contributed by atoms with E-state index >= 15 is 0 Å². The molecule has 0 aliphatic rings. The summed E-state index contributed by atoms with van der Waals surface area (Å²) in [6, 6.07) is -0.788. The van der Waals surface area contributed by atoms with Crippen LogP contribution in [0.4, 0.5) is 0 Å². The van der Waals surface area contributed by atoms with Crippen molar-refractivity contribution in [3.05, 3.63) is 12.2 Å². The average Bonchev–Trinajstić information content (AvgIpc) is 2.70. The number of amides is 1. The molecule has 29 heavy (non-hydrogen) atoms. The van der Waals surface area contributed by atoms with Crippen LogP contribution in [0.25, 0.3) is 0 Å². The predicted molar refractivity (Wildman–Crippen MR) is 122 cm³/mol. The van der Waals surface area contributed by atoms with Crippen molar-refractivity contribution in [2.75, 3.05) is 6.54 Å². The largest absolute Gasteiger partial charge is 0.480 e. The SMILES string of the molecule is CC/C=C/CCCCCCCCCCCCCC(=O)NCCCC[C@H](N)C(=O)O. The van der Waals surface area contributed by atoms with Crippen molar-refractivity contribution in [1.29, 1.82) is 0 Å². The number of nitrogens with two attached hydrogens (primary N) is 1. The number of aliphatic carboxylic acids is 1. The van der Waals surface area contributed by atoms with Crippen molar-refractivity contribution in [2.24, 2.45) is 5.73 Å². The van der Waals surface area contributed by atoms with Crippen LogP contribution in [0, 0.1) is 0 Å². The fourth-order valence-electron chi connectivity index (χ4n) is 3.35. The molecule has 5 nitrogen and oxygen atoms in total. The third-order valence-electron chi connectivity index (χ3n) is 5.26. The first-order valence-electron chi connectivity index (χ1n) is 12.0. The number of nitrogens with one attached hydrogen (secondary N) is 1. The molecule has 0 aromatic carbocycles. The van der Waals surface area contributed by atoms with Gasteiger partial charge in [-0.1, -0.05) is 76.9 Å². The minimum atomic E-state index is -0.958. The summed E-state index contributed by atoms with van der Waals surface area (Å²) in [5, 5.41) is 11.6. The second-order valence-corrected chi connectivity index (χ2v) is 8.10. The molecule has 4 N–H and O–H groups in total. The number of carbonyl (C=O) groups is 2. The van der Waals surface area contributed by atoms with E-state index < -0.39 is 12.0 Å². The highest BCUT2D eigenvalue weighted by Gasteiger charge is 2.10. The van der Waals surface area contributed by atoms with Crippen LogP contribution >= 0.6 is 0 Å². The zero-order chi connectivity index (χ0) is 21.6. The van der Waals surface area contributed by atoms with E-state index in [1.165, 1.54) is 64.2 Å². The zero-order valence-electron chi connectivity index (χ0n) is 18.8. The molecule has 0 aliphatic heterocycles. The molecule has 0 bridgehead atoms. The van der Waals surface area contributed by atoms with Crippen LogP contribution in [0.15, 0.2) is 12.2 Å². The Morgan fingerprint density at radius 2 is 1.38 bits per heavy atom. The van der Waals surface area contributed by atoms with Gasteiger partial charge in [-0.3, -0.25) is 9.59 Å². The summed E-state index contributed by atoms with van der Waals surface area (Å²) in [6.07, 6.45) is 23.6. The smallest absolute Gasteiger partial charge is 0.320 e. The zero-order valence-corrected chi connectivity index (χ0v) is 18.8. The topological polar surface area (TPSA) is 92.4 Å². The maximum atomic E-state index is 11.7. The molecule has 0 saturated heterocycles. The molecule has 0 aromatic heterocycles. The van der Waals surface area contributed by atoms with Gasteiger partial charge in [-0.15, -0.1) is 0 Å². The van der Waals surface area contributed by atoms with Crippen molar-refractivity contribution >= 4 is 11.9 Å². The van der Waals surface area contributed by atoms with E-state index in [1.807, 2.05) is 0 Å². The first kappa shape index (κ1) is 27.6. The fraction of sp³-hybridized carbons (Fsp3) is 0.833. The molecule has 0 saturated carbocycles. The van der Waals surface area contributed by atoms with Gasteiger partial charge in [0.15, 0.2) is 0 Å². The van der Waals surface area contributed by atoms with Gasteiger partial charge in [-0.2, -0.15) is 0 Å². The highest BCUT2D eigenvalue weighted by molar-refractivity contribution is 5.75. The van der Waals surface area contributed by atoms with Gasteiger partial charge in [0.25, 0.3) is 0 Å². The molecule has 5 heteroatoms. The lowest BCUT2D eigenvalue weighted by molar-refractivity contribution is -0.138. The Morgan fingerprint density at radius 1 is 0.828 bits per heavy atom. The maximum absolute atomic E-state index is 11.7. The van der Waals surface area contributed by atoms with E-state index in [2.05, 4.69) is 24.4 Å². The van der Waals surface area contributed by atoms with Crippen LogP contribution in [0.3, 0.4) is 0 Å². The van der Waals surface area contributed by atoms with Crippen molar-refractivity contribution in [1.82, 2.24) is 5.32 Å². The summed E-state index contributed by atoms with van der Waals surface area (Å²) < 4.78 is 0. The van der Waals surface area contributed by atoms with Crippen LogP contribution in [0.2, 0.25) is 0 Å². The lowest BCUT2D eigenvalue weighted by Gasteiger charge is -2.07. The van der Waals surface area contributed by atoms with Crippen LogP contribution in [0.1, 0.15) is 116 Å². The molecule has 0 rings (SSSR count). The Morgan fingerprint density at radius 3 is 1.93 bits per heavy atom. The fourth-order valence-corrected chi connectivity index (χ4v) is 3.35.